The highest BCUT2D eigenvalue weighted by molar-refractivity contribution is 5.60. The van der Waals surface area contributed by atoms with Crippen molar-refractivity contribution in [2.75, 3.05) is 29.9 Å². The van der Waals surface area contributed by atoms with E-state index in [2.05, 4.69) is 45.4 Å². The van der Waals surface area contributed by atoms with Crippen molar-refractivity contribution in [3.63, 3.8) is 0 Å². The molecule has 1 saturated heterocycles. The fourth-order valence-corrected chi connectivity index (χ4v) is 3.42. The van der Waals surface area contributed by atoms with Crippen LogP contribution in [-0.4, -0.2) is 30.3 Å². The van der Waals surface area contributed by atoms with Crippen molar-refractivity contribution in [3.05, 3.63) is 46.6 Å². The molecule has 5 nitrogen and oxygen atoms in total. The van der Waals surface area contributed by atoms with Crippen molar-refractivity contribution in [1.29, 1.82) is 5.26 Å². The molecule has 1 aliphatic rings. The number of benzene rings is 1. The van der Waals surface area contributed by atoms with Gasteiger partial charge in [0.2, 0.25) is 0 Å². The second-order valence-electron chi connectivity index (χ2n) is 6.75. The van der Waals surface area contributed by atoms with Crippen LogP contribution in [0.15, 0.2) is 24.3 Å². The predicted molar refractivity (Wildman–Crippen MR) is 101 cm³/mol. The zero-order valence-electron chi connectivity index (χ0n) is 15.3. The van der Waals surface area contributed by atoms with E-state index < -0.39 is 0 Å². The molecule has 3 rings (SSSR count). The monoisotopic (exact) mass is 335 g/mol. The molecule has 1 aromatic carbocycles. The first kappa shape index (κ1) is 17.2. The highest BCUT2D eigenvalue weighted by Gasteiger charge is 2.18. The number of hydrogen-bond acceptors (Lipinski definition) is 5. The molecule has 0 radical (unpaired) electrons. The zero-order chi connectivity index (χ0) is 17.8. The molecular weight excluding hydrogens is 310 g/mol. The lowest BCUT2D eigenvalue weighted by Gasteiger charge is -2.31. The Bertz CT molecular complexity index is 787. The molecule has 2 aromatic rings. The maximum Gasteiger partial charge on any atom is 0.169 e. The summed E-state index contributed by atoms with van der Waals surface area (Å²) in [6.07, 6.45) is 3.83. The number of nitrogens with zero attached hydrogens (tertiary/aromatic N) is 5. The van der Waals surface area contributed by atoms with E-state index in [1.807, 2.05) is 25.8 Å². The summed E-state index contributed by atoms with van der Waals surface area (Å²) < 4.78 is 0. The van der Waals surface area contributed by atoms with E-state index in [4.69, 9.17) is 0 Å². The van der Waals surface area contributed by atoms with Crippen LogP contribution in [0.4, 0.5) is 11.5 Å². The average molecular weight is 335 g/mol. The van der Waals surface area contributed by atoms with Gasteiger partial charge in [-0.3, -0.25) is 0 Å². The van der Waals surface area contributed by atoms with Crippen molar-refractivity contribution in [1.82, 2.24) is 10.2 Å². The van der Waals surface area contributed by atoms with Crippen LogP contribution in [0.1, 0.15) is 41.6 Å². The van der Waals surface area contributed by atoms with Crippen LogP contribution in [0, 0.1) is 25.2 Å². The smallest absolute Gasteiger partial charge is 0.169 e. The normalized spacial score (nSPS) is 14.2. The molecule has 0 bridgehead atoms. The van der Waals surface area contributed by atoms with E-state index in [-0.39, 0.29) is 0 Å². The number of hydrogen-bond donors (Lipinski definition) is 0. The van der Waals surface area contributed by atoms with Crippen LogP contribution in [-0.2, 0) is 6.54 Å². The van der Waals surface area contributed by atoms with E-state index >= 15 is 0 Å². The van der Waals surface area contributed by atoms with Gasteiger partial charge in [-0.2, -0.15) is 10.4 Å². The molecule has 0 N–H and O–H groups in total. The Kier molecular flexibility index (Phi) is 5.18. The van der Waals surface area contributed by atoms with Gasteiger partial charge in [0, 0.05) is 32.4 Å². The van der Waals surface area contributed by atoms with Gasteiger partial charge < -0.3 is 9.80 Å². The summed E-state index contributed by atoms with van der Waals surface area (Å²) >= 11 is 0. The van der Waals surface area contributed by atoms with Crippen molar-refractivity contribution < 1.29 is 0 Å². The quantitative estimate of drug-likeness (QED) is 0.854. The first-order valence-corrected chi connectivity index (χ1v) is 8.89. The fraction of sp³-hybridized carbons (Fsp3) is 0.450. The molecule has 0 spiro atoms. The van der Waals surface area contributed by atoms with Gasteiger partial charge in [-0.25, -0.2) is 0 Å². The van der Waals surface area contributed by atoms with Crippen LogP contribution >= 0.6 is 0 Å². The van der Waals surface area contributed by atoms with Gasteiger partial charge in [0.1, 0.15) is 11.6 Å². The Morgan fingerprint density at radius 1 is 1.12 bits per heavy atom. The number of aryl methyl sites for hydroxylation is 1. The standard InChI is InChI=1S/C20H25N5/c1-15-16(2)22-23-20(18(15)13-21)24(3)14-17-9-5-6-10-19(17)25-11-7-4-8-12-25/h5-6,9-10H,4,7-8,11-12,14H2,1-3H3. The van der Waals surface area contributed by atoms with E-state index in [9.17, 15) is 5.26 Å². The summed E-state index contributed by atoms with van der Waals surface area (Å²) in [7, 11) is 1.98. The zero-order valence-corrected chi connectivity index (χ0v) is 15.3. The molecule has 0 aliphatic carbocycles. The maximum atomic E-state index is 9.54. The average Bonchev–Trinajstić information content (AvgIpc) is 2.65. The van der Waals surface area contributed by atoms with Gasteiger partial charge >= 0.3 is 0 Å². The van der Waals surface area contributed by atoms with Crippen LogP contribution in [0.3, 0.4) is 0 Å². The second kappa shape index (κ2) is 7.52. The third-order valence-electron chi connectivity index (χ3n) is 5.01. The van der Waals surface area contributed by atoms with Crippen molar-refractivity contribution >= 4 is 11.5 Å². The van der Waals surface area contributed by atoms with Crippen molar-refractivity contribution in [2.45, 2.75) is 39.7 Å². The minimum absolute atomic E-state index is 0.616. The second-order valence-corrected chi connectivity index (χ2v) is 6.75. The van der Waals surface area contributed by atoms with Gasteiger partial charge in [-0.05, 0) is 50.3 Å². The molecule has 0 unspecified atom stereocenters. The van der Waals surface area contributed by atoms with E-state index in [1.165, 1.54) is 30.5 Å². The summed E-state index contributed by atoms with van der Waals surface area (Å²) in [6.45, 7) is 6.76. The van der Waals surface area contributed by atoms with E-state index in [0.29, 0.717) is 17.9 Å². The van der Waals surface area contributed by atoms with Gasteiger partial charge in [-0.15, -0.1) is 5.10 Å². The molecular formula is C20H25N5. The summed E-state index contributed by atoms with van der Waals surface area (Å²) in [5, 5.41) is 18.0. The Morgan fingerprint density at radius 3 is 2.56 bits per heavy atom. The van der Waals surface area contributed by atoms with E-state index in [1.54, 1.807) is 0 Å². The number of rotatable bonds is 4. The minimum atomic E-state index is 0.616. The Hall–Kier alpha value is -2.61. The largest absolute Gasteiger partial charge is 0.371 e. The highest BCUT2D eigenvalue weighted by Crippen LogP contribution is 2.27. The predicted octanol–water partition coefficient (Wildman–Crippen LogP) is 3.59. The van der Waals surface area contributed by atoms with Crippen molar-refractivity contribution in [2.24, 2.45) is 0 Å². The molecule has 0 atom stereocenters. The molecule has 1 fully saturated rings. The lowest BCUT2D eigenvalue weighted by Crippen LogP contribution is -2.31. The molecule has 0 saturated carbocycles. The Morgan fingerprint density at radius 2 is 1.84 bits per heavy atom. The number of nitriles is 1. The van der Waals surface area contributed by atoms with Crippen LogP contribution in [0.5, 0.6) is 0 Å². The number of aromatic nitrogens is 2. The summed E-state index contributed by atoms with van der Waals surface area (Å²) in [5.41, 5.74) is 4.89. The van der Waals surface area contributed by atoms with Crippen molar-refractivity contribution in [3.8, 4) is 6.07 Å². The number of anilines is 2. The van der Waals surface area contributed by atoms with Crippen LogP contribution in [0.25, 0.3) is 0 Å². The molecule has 1 aliphatic heterocycles. The first-order valence-electron chi connectivity index (χ1n) is 8.89. The maximum absolute atomic E-state index is 9.54. The summed E-state index contributed by atoms with van der Waals surface area (Å²) in [5.74, 6) is 0.652. The lowest BCUT2D eigenvalue weighted by atomic mass is 10.1. The topological polar surface area (TPSA) is 56.1 Å². The lowest BCUT2D eigenvalue weighted by molar-refractivity contribution is 0.576. The molecule has 5 heteroatoms. The number of para-hydroxylation sites is 1. The van der Waals surface area contributed by atoms with E-state index in [0.717, 1.165) is 24.3 Å². The SMILES string of the molecule is Cc1nnc(N(C)Cc2ccccc2N2CCCCC2)c(C#N)c1C. The summed E-state index contributed by atoms with van der Waals surface area (Å²) in [4.78, 5) is 4.50. The third-order valence-corrected chi connectivity index (χ3v) is 5.01. The highest BCUT2D eigenvalue weighted by atomic mass is 15.3. The molecule has 25 heavy (non-hydrogen) atoms. The Balaban J connectivity index is 1.88. The Labute approximate surface area is 149 Å². The molecule has 130 valence electrons. The molecule has 1 aromatic heterocycles. The number of piperidine rings is 1. The van der Waals surface area contributed by atoms with Crippen LogP contribution in [0.2, 0.25) is 0 Å². The van der Waals surface area contributed by atoms with Gasteiger partial charge in [0.15, 0.2) is 5.82 Å². The molecule has 0 amide bonds. The summed E-state index contributed by atoms with van der Waals surface area (Å²) in [6, 6.07) is 10.8. The fourth-order valence-electron chi connectivity index (χ4n) is 3.42. The third kappa shape index (κ3) is 3.58. The van der Waals surface area contributed by atoms with Gasteiger partial charge in [0.25, 0.3) is 0 Å². The molecule has 2 heterocycles. The first-order chi connectivity index (χ1) is 12.1. The van der Waals surface area contributed by atoms with Crippen LogP contribution < -0.4 is 9.80 Å². The minimum Gasteiger partial charge on any atom is -0.371 e. The van der Waals surface area contributed by atoms with Gasteiger partial charge in [-0.1, -0.05) is 18.2 Å². The van der Waals surface area contributed by atoms with Gasteiger partial charge in [0.05, 0.1) is 5.69 Å².